The quantitative estimate of drug-likeness (QED) is 0.747. The molecule has 2 N–H and O–H groups in total. The number of aryl methyl sites for hydroxylation is 1. The van der Waals surface area contributed by atoms with Gasteiger partial charge >= 0.3 is 0 Å². The van der Waals surface area contributed by atoms with Gasteiger partial charge in [-0.2, -0.15) is 0 Å². The number of ether oxygens (including phenoxy) is 1. The molecule has 1 aromatic heterocycles. The lowest BCUT2D eigenvalue weighted by Crippen LogP contribution is -2.30. The van der Waals surface area contributed by atoms with Gasteiger partial charge in [0.05, 0.1) is 12.6 Å². The van der Waals surface area contributed by atoms with Gasteiger partial charge < -0.3 is 15.4 Å². The van der Waals surface area contributed by atoms with Gasteiger partial charge in [0, 0.05) is 27.2 Å². The van der Waals surface area contributed by atoms with Crippen molar-refractivity contribution in [3.63, 3.8) is 0 Å². The Kier molecular flexibility index (Phi) is 2.88. The molecule has 0 aliphatic carbocycles. The van der Waals surface area contributed by atoms with Gasteiger partial charge in [-0.3, -0.25) is 0 Å². The first-order valence-electron chi connectivity index (χ1n) is 5.13. The van der Waals surface area contributed by atoms with Crippen molar-refractivity contribution in [3.8, 4) is 0 Å². The molecule has 0 fully saturated rings. The van der Waals surface area contributed by atoms with Crippen molar-refractivity contribution in [1.29, 1.82) is 0 Å². The van der Waals surface area contributed by atoms with Crippen molar-refractivity contribution < 1.29 is 4.74 Å². The van der Waals surface area contributed by atoms with Crippen molar-refractivity contribution >= 4 is 5.82 Å². The van der Waals surface area contributed by atoms with E-state index in [0.29, 0.717) is 6.61 Å². The first-order chi connectivity index (χ1) is 7.24. The summed E-state index contributed by atoms with van der Waals surface area (Å²) in [6, 6.07) is -0.195. The maximum Gasteiger partial charge on any atom is 0.152 e. The molecule has 0 radical (unpaired) electrons. The highest BCUT2D eigenvalue weighted by atomic mass is 16.5. The van der Waals surface area contributed by atoms with Crippen LogP contribution in [0.25, 0.3) is 0 Å². The Morgan fingerprint density at radius 3 is 3.07 bits per heavy atom. The average Bonchev–Trinajstić information content (AvgIpc) is 2.63. The smallest absolute Gasteiger partial charge is 0.152 e. The average molecular weight is 211 g/mol. The first kappa shape index (κ1) is 10.4. The van der Waals surface area contributed by atoms with Crippen molar-refractivity contribution in [2.45, 2.75) is 19.0 Å². The fourth-order valence-electron chi connectivity index (χ4n) is 1.93. The maximum atomic E-state index is 5.97. The molecule has 0 amide bonds. The number of nitrogens with zero attached hydrogens (tertiary/aromatic N) is 4. The fourth-order valence-corrected chi connectivity index (χ4v) is 1.93. The molecule has 2 rings (SSSR count). The maximum absolute atomic E-state index is 5.97. The van der Waals surface area contributed by atoms with Gasteiger partial charge in [-0.1, -0.05) is 5.21 Å². The largest absolute Gasteiger partial charge is 0.383 e. The third-order valence-electron chi connectivity index (χ3n) is 2.66. The highest BCUT2D eigenvalue weighted by Gasteiger charge is 2.24. The normalized spacial score (nSPS) is 17.7. The molecule has 0 aromatic carbocycles. The van der Waals surface area contributed by atoms with Gasteiger partial charge in [-0.25, -0.2) is 4.68 Å². The number of hydrogen-bond acceptors (Lipinski definition) is 5. The second-order valence-electron chi connectivity index (χ2n) is 3.86. The van der Waals surface area contributed by atoms with Gasteiger partial charge in [-0.15, -0.1) is 5.10 Å². The zero-order valence-electron chi connectivity index (χ0n) is 9.18. The third-order valence-corrected chi connectivity index (χ3v) is 2.66. The van der Waals surface area contributed by atoms with E-state index < -0.39 is 0 Å². The number of rotatable bonds is 3. The van der Waals surface area contributed by atoms with Crippen LogP contribution in [0, 0.1) is 0 Å². The van der Waals surface area contributed by atoms with Crippen LogP contribution in [0.4, 0.5) is 5.82 Å². The predicted molar refractivity (Wildman–Crippen MR) is 56.7 cm³/mol. The molecule has 1 unspecified atom stereocenters. The third kappa shape index (κ3) is 1.82. The number of fused-ring (bicyclic) bond motifs is 1. The summed E-state index contributed by atoms with van der Waals surface area (Å²) >= 11 is 0. The van der Waals surface area contributed by atoms with Crippen molar-refractivity contribution in [1.82, 2.24) is 15.0 Å². The second kappa shape index (κ2) is 4.16. The highest BCUT2D eigenvalue weighted by Crippen LogP contribution is 2.25. The van der Waals surface area contributed by atoms with E-state index in [1.807, 2.05) is 11.7 Å². The molecule has 6 nitrogen and oxygen atoms in total. The van der Waals surface area contributed by atoms with E-state index in [2.05, 4.69) is 15.2 Å². The van der Waals surface area contributed by atoms with Crippen LogP contribution in [0.15, 0.2) is 0 Å². The lowest BCUT2D eigenvalue weighted by Gasteiger charge is -2.26. The highest BCUT2D eigenvalue weighted by molar-refractivity contribution is 5.45. The summed E-state index contributed by atoms with van der Waals surface area (Å²) in [4.78, 5) is 2.15. The summed E-state index contributed by atoms with van der Waals surface area (Å²) in [7, 11) is 3.68. The summed E-state index contributed by atoms with van der Waals surface area (Å²) in [5, 5.41) is 8.23. The van der Waals surface area contributed by atoms with E-state index in [1.165, 1.54) is 0 Å². The minimum atomic E-state index is -0.195. The Bertz CT molecular complexity index is 337. The molecule has 15 heavy (non-hydrogen) atoms. The summed E-state index contributed by atoms with van der Waals surface area (Å²) in [6.45, 7) is 2.42. The fraction of sp³-hybridized carbons (Fsp3) is 0.778. The molecule has 0 saturated carbocycles. The van der Waals surface area contributed by atoms with Crippen LogP contribution >= 0.6 is 0 Å². The van der Waals surface area contributed by atoms with Gasteiger partial charge in [0.2, 0.25) is 0 Å². The van der Waals surface area contributed by atoms with Crippen LogP contribution in [0.1, 0.15) is 18.2 Å². The molecule has 2 heterocycles. The van der Waals surface area contributed by atoms with Crippen molar-refractivity contribution in [2.75, 3.05) is 32.2 Å². The summed E-state index contributed by atoms with van der Waals surface area (Å²) < 4.78 is 6.94. The Balaban J connectivity index is 2.28. The summed E-state index contributed by atoms with van der Waals surface area (Å²) in [5.41, 5.74) is 6.80. The van der Waals surface area contributed by atoms with Crippen LogP contribution < -0.4 is 10.6 Å². The minimum absolute atomic E-state index is 0.195. The predicted octanol–water partition coefficient (Wildman–Crippen LogP) is -0.236. The molecule has 0 saturated heterocycles. The standard InChI is InChI=1S/C9H17N5O/c1-13-4-3-5-14-9(13)8(11-12-14)7(10)6-15-2/h7H,3-6,10H2,1-2H3. The summed E-state index contributed by atoms with van der Waals surface area (Å²) in [5.74, 6) is 1.03. The first-order valence-corrected chi connectivity index (χ1v) is 5.13. The molecule has 1 aromatic rings. The SMILES string of the molecule is COCC(N)c1nnn2c1N(C)CCC2. The molecular weight excluding hydrogens is 194 g/mol. The number of anilines is 1. The van der Waals surface area contributed by atoms with Crippen LogP contribution in [-0.4, -0.2) is 42.3 Å². The van der Waals surface area contributed by atoms with E-state index in [0.717, 1.165) is 31.0 Å². The van der Waals surface area contributed by atoms with Crippen LogP contribution in [0.2, 0.25) is 0 Å². The zero-order valence-corrected chi connectivity index (χ0v) is 9.18. The Hall–Kier alpha value is -1.14. The van der Waals surface area contributed by atoms with Gasteiger partial charge in [0.25, 0.3) is 0 Å². The van der Waals surface area contributed by atoms with Gasteiger partial charge in [-0.05, 0) is 6.42 Å². The Labute approximate surface area is 89.0 Å². The molecule has 1 aliphatic rings. The van der Waals surface area contributed by atoms with E-state index in [4.69, 9.17) is 10.5 Å². The molecule has 1 aliphatic heterocycles. The topological polar surface area (TPSA) is 69.2 Å². The van der Waals surface area contributed by atoms with Gasteiger partial charge in [0.15, 0.2) is 5.82 Å². The Morgan fingerprint density at radius 1 is 1.53 bits per heavy atom. The molecule has 1 atom stereocenters. The van der Waals surface area contributed by atoms with Crippen LogP contribution in [0.5, 0.6) is 0 Å². The van der Waals surface area contributed by atoms with E-state index in [-0.39, 0.29) is 6.04 Å². The Morgan fingerprint density at radius 2 is 2.33 bits per heavy atom. The van der Waals surface area contributed by atoms with Crippen molar-refractivity contribution in [3.05, 3.63) is 5.69 Å². The monoisotopic (exact) mass is 211 g/mol. The van der Waals surface area contributed by atoms with E-state index >= 15 is 0 Å². The number of hydrogen-bond donors (Lipinski definition) is 1. The zero-order chi connectivity index (χ0) is 10.8. The van der Waals surface area contributed by atoms with Crippen molar-refractivity contribution in [2.24, 2.45) is 5.73 Å². The second-order valence-corrected chi connectivity index (χ2v) is 3.86. The number of nitrogens with two attached hydrogens (primary N) is 1. The molecule has 0 spiro atoms. The van der Waals surface area contributed by atoms with Crippen LogP contribution in [-0.2, 0) is 11.3 Å². The number of methoxy groups -OCH3 is 1. The molecule has 6 heteroatoms. The lowest BCUT2D eigenvalue weighted by atomic mass is 10.2. The molecule has 0 bridgehead atoms. The number of aromatic nitrogens is 3. The molecular formula is C9H17N5O. The van der Waals surface area contributed by atoms with E-state index in [9.17, 15) is 0 Å². The molecule has 84 valence electrons. The van der Waals surface area contributed by atoms with Crippen LogP contribution in [0.3, 0.4) is 0 Å². The summed E-state index contributed by atoms with van der Waals surface area (Å²) in [6.07, 6.45) is 1.10. The lowest BCUT2D eigenvalue weighted by molar-refractivity contribution is 0.179. The van der Waals surface area contributed by atoms with E-state index in [1.54, 1.807) is 7.11 Å². The van der Waals surface area contributed by atoms with Gasteiger partial charge in [0.1, 0.15) is 5.69 Å². The minimum Gasteiger partial charge on any atom is -0.383 e.